The van der Waals surface area contributed by atoms with Crippen LogP contribution in [0.2, 0.25) is 0 Å². The zero-order valence-electron chi connectivity index (χ0n) is 33.1. The Balaban J connectivity index is 1.07. The lowest BCUT2D eigenvalue weighted by Crippen LogP contribution is -1.92. The zero-order valence-corrected chi connectivity index (χ0v) is 33.1. The first-order chi connectivity index (χ1) is 29.7. The van der Waals surface area contributed by atoms with Gasteiger partial charge in [0.25, 0.3) is 0 Å². The van der Waals surface area contributed by atoms with Crippen molar-refractivity contribution >= 4 is 55.2 Å². The van der Waals surface area contributed by atoms with Crippen LogP contribution in [0.1, 0.15) is 11.1 Å². The minimum Gasteiger partial charge on any atom is -0.0622 e. The molecule has 0 aliphatic rings. The van der Waals surface area contributed by atoms with Crippen LogP contribution in [0.4, 0.5) is 0 Å². The fourth-order valence-electron chi connectivity index (χ4n) is 8.95. The summed E-state index contributed by atoms with van der Waals surface area (Å²) in [6.07, 6.45) is 4.39. The predicted molar refractivity (Wildman–Crippen MR) is 259 cm³/mol. The van der Waals surface area contributed by atoms with Gasteiger partial charge in [0.1, 0.15) is 0 Å². The van der Waals surface area contributed by atoms with E-state index in [9.17, 15) is 0 Å². The summed E-state index contributed by atoms with van der Waals surface area (Å²) >= 11 is 0. The SMILES string of the molecule is C(=Cc1cccc(-c2ccc3c(-c4ccc(-c5ccc6ccccc6c5)cc4)c4ccccc4c(-c4ccc(-c5ccc6ccccc6c5)cc4)c3c2)c1)c1ccccc1. The summed E-state index contributed by atoms with van der Waals surface area (Å²) in [4.78, 5) is 0. The largest absolute Gasteiger partial charge is 0.0622 e. The van der Waals surface area contributed by atoms with Crippen molar-refractivity contribution in [2.45, 2.75) is 0 Å². The molecule has 0 unspecified atom stereocenters. The summed E-state index contributed by atoms with van der Waals surface area (Å²) in [7, 11) is 0. The van der Waals surface area contributed by atoms with Crippen LogP contribution in [0.15, 0.2) is 231 Å². The standard InChI is InChI=1S/C60H40/c1-2-11-41(12-3-1)21-22-42-13-10-18-49(37-42)54-35-36-57-58(40-54)60(48-31-25-46(26-32-48)53-34-28-44-15-5-7-17-51(44)39-53)56-20-9-8-19-55(56)59(57)47-29-23-45(24-30-47)52-33-27-43-14-4-6-16-50(43)38-52/h1-40H. The highest BCUT2D eigenvalue weighted by Crippen LogP contribution is 2.45. The number of hydrogen-bond donors (Lipinski definition) is 0. The Hall–Kier alpha value is -7.80. The van der Waals surface area contributed by atoms with Crippen LogP contribution in [0, 0.1) is 0 Å². The number of rotatable bonds is 7. The normalized spacial score (nSPS) is 11.6. The molecule has 0 spiro atoms. The van der Waals surface area contributed by atoms with Gasteiger partial charge < -0.3 is 0 Å². The van der Waals surface area contributed by atoms with Crippen molar-refractivity contribution in [3.05, 3.63) is 242 Å². The van der Waals surface area contributed by atoms with Crippen LogP contribution >= 0.6 is 0 Å². The molecule has 11 aromatic carbocycles. The van der Waals surface area contributed by atoms with Crippen molar-refractivity contribution in [3.63, 3.8) is 0 Å². The molecule has 0 heterocycles. The van der Waals surface area contributed by atoms with Crippen LogP contribution in [0.25, 0.3) is 111 Å². The lowest BCUT2D eigenvalue weighted by molar-refractivity contribution is 1.60. The van der Waals surface area contributed by atoms with Gasteiger partial charge in [-0.2, -0.15) is 0 Å². The molecular formula is C60H40. The predicted octanol–water partition coefficient (Wildman–Crippen LogP) is 16.8. The molecule has 0 nitrogen and oxygen atoms in total. The summed E-state index contributed by atoms with van der Waals surface area (Å²) in [5.41, 5.74) is 14.5. The topological polar surface area (TPSA) is 0 Å². The van der Waals surface area contributed by atoms with Crippen LogP contribution in [-0.4, -0.2) is 0 Å². The quantitative estimate of drug-likeness (QED) is 0.112. The highest BCUT2D eigenvalue weighted by molar-refractivity contribution is 6.22. The second-order valence-corrected chi connectivity index (χ2v) is 15.7. The average Bonchev–Trinajstić information content (AvgIpc) is 3.32. The third kappa shape index (κ3) is 6.65. The van der Waals surface area contributed by atoms with Gasteiger partial charge in [-0.15, -0.1) is 0 Å². The Bertz CT molecular complexity index is 3390. The molecule has 0 aliphatic heterocycles. The number of benzene rings is 11. The van der Waals surface area contributed by atoms with Gasteiger partial charge in [-0.25, -0.2) is 0 Å². The molecule has 0 saturated carbocycles. The Morgan fingerprint density at radius 3 is 1.20 bits per heavy atom. The van der Waals surface area contributed by atoms with Crippen molar-refractivity contribution in [3.8, 4) is 55.6 Å². The van der Waals surface area contributed by atoms with Gasteiger partial charge in [0.2, 0.25) is 0 Å². The van der Waals surface area contributed by atoms with Crippen molar-refractivity contribution in [2.75, 3.05) is 0 Å². The first kappa shape index (κ1) is 35.4. The first-order valence-corrected chi connectivity index (χ1v) is 20.7. The van der Waals surface area contributed by atoms with E-state index in [2.05, 4.69) is 243 Å². The fraction of sp³-hybridized carbons (Fsp3) is 0. The van der Waals surface area contributed by atoms with E-state index in [1.165, 1.54) is 110 Å². The fourth-order valence-corrected chi connectivity index (χ4v) is 8.95. The van der Waals surface area contributed by atoms with Gasteiger partial charge in [-0.05, 0) is 134 Å². The van der Waals surface area contributed by atoms with Crippen molar-refractivity contribution in [2.24, 2.45) is 0 Å². The first-order valence-electron chi connectivity index (χ1n) is 20.7. The second-order valence-electron chi connectivity index (χ2n) is 15.7. The number of fused-ring (bicyclic) bond motifs is 4. The number of hydrogen-bond acceptors (Lipinski definition) is 0. The highest BCUT2D eigenvalue weighted by Gasteiger charge is 2.18. The molecule has 0 saturated heterocycles. The molecule has 0 radical (unpaired) electrons. The zero-order chi connectivity index (χ0) is 39.8. The second kappa shape index (κ2) is 15.2. The molecule has 0 bridgehead atoms. The molecule has 11 rings (SSSR count). The van der Waals surface area contributed by atoms with E-state index >= 15 is 0 Å². The molecule has 280 valence electrons. The Labute approximate surface area is 351 Å². The maximum absolute atomic E-state index is 2.42. The van der Waals surface area contributed by atoms with Crippen LogP contribution in [0.3, 0.4) is 0 Å². The van der Waals surface area contributed by atoms with Gasteiger partial charge >= 0.3 is 0 Å². The van der Waals surface area contributed by atoms with Gasteiger partial charge in [-0.3, -0.25) is 0 Å². The summed E-state index contributed by atoms with van der Waals surface area (Å²) in [5.74, 6) is 0. The molecule has 0 fully saturated rings. The van der Waals surface area contributed by atoms with E-state index in [1.807, 2.05) is 0 Å². The summed E-state index contributed by atoms with van der Waals surface area (Å²) in [6, 6.07) is 84.4. The van der Waals surface area contributed by atoms with Gasteiger partial charge in [0.05, 0.1) is 0 Å². The molecule has 60 heavy (non-hydrogen) atoms. The van der Waals surface area contributed by atoms with Crippen molar-refractivity contribution in [1.29, 1.82) is 0 Å². The third-order valence-electron chi connectivity index (χ3n) is 12.0. The minimum absolute atomic E-state index is 1.17. The molecule has 0 heteroatoms. The molecule has 0 atom stereocenters. The van der Waals surface area contributed by atoms with Crippen LogP contribution < -0.4 is 0 Å². The molecule has 0 amide bonds. The van der Waals surface area contributed by atoms with Gasteiger partial charge in [-0.1, -0.05) is 218 Å². The smallest absolute Gasteiger partial charge is 0.00261 e. The summed E-state index contributed by atoms with van der Waals surface area (Å²) < 4.78 is 0. The lowest BCUT2D eigenvalue weighted by atomic mass is 9.84. The van der Waals surface area contributed by atoms with E-state index in [1.54, 1.807) is 0 Å². The Morgan fingerprint density at radius 1 is 0.200 bits per heavy atom. The summed E-state index contributed by atoms with van der Waals surface area (Å²) in [6.45, 7) is 0. The van der Waals surface area contributed by atoms with E-state index < -0.39 is 0 Å². The van der Waals surface area contributed by atoms with Crippen molar-refractivity contribution < 1.29 is 0 Å². The van der Waals surface area contributed by atoms with E-state index in [-0.39, 0.29) is 0 Å². The molecule has 0 N–H and O–H groups in total. The maximum atomic E-state index is 2.42. The van der Waals surface area contributed by atoms with E-state index in [0.29, 0.717) is 0 Å². The molecule has 0 aromatic heterocycles. The van der Waals surface area contributed by atoms with Crippen LogP contribution in [0.5, 0.6) is 0 Å². The molecule has 11 aromatic rings. The third-order valence-corrected chi connectivity index (χ3v) is 12.0. The van der Waals surface area contributed by atoms with E-state index in [0.717, 1.165) is 0 Å². The highest BCUT2D eigenvalue weighted by atomic mass is 14.2. The average molecular weight is 761 g/mol. The Kier molecular flexibility index (Phi) is 8.95. The molecule has 0 aliphatic carbocycles. The van der Waals surface area contributed by atoms with Crippen LogP contribution in [-0.2, 0) is 0 Å². The maximum Gasteiger partial charge on any atom is -0.00261 e. The summed E-state index contributed by atoms with van der Waals surface area (Å²) in [5, 5.41) is 10.00. The lowest BCUT2D eigenvalue weighted by Gasteiger charge is -2.19. The Morgan fingerprint density at radius 2 is 0.600 bits per heavy atom. The van der Waals surface area contributed by atoms with Gasteiger partial charge in [0.15, 0.2) is 0 Å². The molecular weight excluding hydrogens is 721 g/mol. The van der Waals surface area contributed by atoms with Crippen molar-refractivity contribution in [1.82, 2.24) is 0 Å². The monoisotopic (exact) mass is 760 g/mol. The van der Waals surface area contributed by atoms with E-state index in [4.69, 9.17) is 0 Å². The van der Waals surface area contributed by atoms with Gasteiger partial charge in [0, 0.05) is 0 Å². The minimum atomic E-state index is 1.17.